The van der Waals surface area contributed by atoms with Crippen LogP contribution in [0.15, 0.2) is 36.0 Å². The lowest BCUT2D eigenvalue weighted by Gasteiger charge is -2.27. The highest BCUT2D eigenvalue weighted by molar-refractivity contribution is 7.12. The Bertz CT molecular complexity index is 712. The summed E-state index contributed by atoms with van der Waals surface area (Å²) in [5, 5.41) is 4.74. The summed E-state index contributed by atoms with van der Waals surface area (Å²) in [4.78, 5) is 31.7. The van der Waals surface area contributed by atoms with Crippen LogP contribution in [0.2, 0.25) is 0 Å². The lowest BCUT2D eigenvalue weighted by molar-refractivity contribution is -0.121. The van der Waals surface area contributed by atoms with Gasteiger partial charge in [0.1, 0.15) is 6.04 Å². The Balaban J connectivity index is 1.79. The van der Waals surface area contributed by atoms with E-state index in [9.17, 15) is 9.59 Å². The van der Waals surface area contributed by atoms with E-state index in [1.807, 2.05) is 31.4 Å². The summed E-state index contributed by atoms with van der Waals surface area (Å²) in [5.41, 5.74) is 1.98. The summed E-state index contributed by atoms with van der Waals surface area (Å²) in [6, 6.07) is 4.91. The van der Waals surface area contributed by atoms with Gasteiger partial charge in [0.05, 0.1) is 10.6 Å². The van der Waals surface area contributed by atoms with Crippen molar-refractivity contribution in [3.05, 3.63) is 46.4 Å². The minimum atomic E-state index is -0.538. The Hall–Kier alpha value is -2.21. The minimum absolute atomic E-state index is 0.0114. The van der Waals surface area contributed by atoms with Gasteiger partial charge in [-0.25, -0.2) is 0 Å². The van der Waals surface area contributed by atoms with Crippen LogP contribution in [-0.4, -0.2) is 29.4 Å². The van der Waals surface area contributed by atoms with Crippen molar-refractivity contribution in [3.8, 4) is 0 Å². The van der Waals surface area contributed by atoms with Gasteiger partial charge in [-0.1, -0.05) is 19.9 Å². The normalized spacial score (nSPS) is 14.7. The average molecular weight is 329 g/mol. The van der Waals surface area contributed by atoms with Crippen LogP contribution in [0.4, 0.5) is 5.69 Å². The zero-order valence-corrected chi connectivity index (χ0v) is 14.0. The Labute approximate surface area is 139 Å². The number of nitrogens with zero attached hydrogens (tertiary/aromatic N) is 2. The number of amides is 2. The van der Waals surface area contributed by atoms with E-state index in [1.54, 1.807) is 23.4 Å². The Morgan fingerprint density at radius 3 is 2.87 bits per heavy atom. The van der Waals surface area contributed by atoms with Gasteiger partial charge in [-0.05, 0) is 35.4 Å². The number of thiophene rings is 1. The van der Waals surface area contributed by atoms with Gasteiger partial charge >= 0.3 is 0 Å². The van der Waals surface area contributed by atoms with E-state index in [0.29, 0.717) is 11.4 Å². The number of carbonyl (C=O) groups excluding carboxylic acids is 2. The predicted octanol–water partition coefficient (Wildman–Crippen LogP) is 2.49. The van der Waals surface area contributed by atoms with Gasteiger partial charge in [0.2, 0.25) is 5.91 Å². The molecule has 0 aliphatic carbocycles. The molecule has 2 amide bonds. The van der Waals surface area contributed by atoms with Crippen molar-refractivity contribution in [1.29, 1.82) is 0 Å². The van der Waals surface area contributed by atoms with E-state index in [-0.39, 0.29) is 17.7 Å². The fraction of sp³-hybridized carbons (Fsp3) is 0.353. The molecule has 23 heavy (non-hydrogen) atoms. The number of hydrogen-bond donors (Lipinski definition) is 1. The van der Waals surface area contributed by atoms with Gasteiger partial charge in [0.15, 0.2) is 0 Å². The first-order chi connectivity index (χ1) is 11.1. The van der Waals surface area contributed by atoms with Crippen LogP contribution in [0.5, 0.6) is 0 Å². The van der Waals surface area contributed by atoms with Crippen molar-refractivity contribution in [1.82, 2.24) is 10.3 Å². The molecule has 2 aromatic rings. The third-order valence-electron chi connectivity index (χ3n) is 4.00. The lowest BCUT2D eigenvalue weighted by Crippen LogP contribution is -2.51. The molecule has 1 unspecified atom stereocenters. The van der Waals surface area contributed by atoms with Crippen LogP contribution in [-0.2, 0) is 11.2 Å². The van der Waals surface area contributed by atoms with Crippen molar-refractivity contribution in [2.24, 2.45) is 5.92 Å². The molecular weight excluding hydrogens is 310 g/mol. The Morgan fingerprint density at radius 2 is 2.17 bits per heavy atom. The van der Waals surface area contributed by atoms with Crippen LogP contribution in [0.1, 0.15) is 29.1 Å². The third kappa shape index (κ3) is 3.12. The molecule has 3 heterocycles. The Kier molecular flexibility index (Phi) is 4.43. The summed E-state index contributed by atoms with van der Waals surface area (Å²) in [5.74, 6) is -0.242. The number of rotatable bonds is 4. The predicted molar refractivity (Wildman–Crippen MR) is 90.7 cm³/mol. The number of nitrogens with one attached hydrogen (secondary N) is 1. The van der Waals surface area contributed by atoms with Crippen molar-refractivity contribution < 1.29 is 9.59 Å². The average Bonchev–Trinajstić information content (AvgIpc) is 3.20. The highest BCUT2D eigenvalue weighted by Crippen LogP contribution is 2.28. The van der Waals surface area contributed by atoms with E-state index in [0.717, 1.165) is 17.7 Å². The molecule has 2 aromatic heterocycles. The van der Waals surface area contributed by atoms with Gasteiger partial charge in [-0.3, -0.25) is 14.6 Å². The maximum atomic E-state index is 12.9. The molecular formula is C17H19N3O2S. The Morgan fingerprint density at radius 1 is 1.35 bits per heavy atom. The molecule has 0 radical (unpaired) electrons. The molecule has 1 aliphatic rings. The molecule has 0 bridgehead atoms. The zero-order chi connectivity index (χ0) is 16.4. The number of fused-ring (bicyclic) bond motifs is 1. The molecule has 5 nitrogen and oxygen atoms in total. The van der Waals surface area contributed by atoms with Crippen LogP contribution in [0.3, 0.4) is 0 Å². The number of carbonyl (C=O) groups is 2. The maximum Gasteiger partial charge on any atom is 0.262 e. The first-order valence-electron chi connectivity index (χ1n) is 7.66. The van der Waals surface area contributed by atoms with E-state index < -0.39 is 6.04 Å². The minimum Gasteiger partial charge on any atom is -0.339 e. The summed E-state index contributed by atoms with van der Waals surface area (Å²) in [6.07, 6.45) is 4.30. The topological polar surface area (TPSA) is 62.3 Å². The van der Waals surface area contributed by atoms with Gasteiger partial charge < -0.3 is 10.2 Å². The zero-order valence-electron chi connectivity index (χ0n) is 13.2. The number of pyridine rings is 1. The molecule has 1 aliphatic heterocycles. The van der Waals surface area contributed by atoms with Gasteiger partial charge in [0.25, 0.3) is 5.91 Å². The van der Waals surface area contributed by atoms with Crippen LogP contribution in [0, 0.1) is 5.92 Å². The number of aromatic nitrogens is 1. The van der Waals surface area contributed by atoms with Gasteiger partial charge in [-0.15, -0.1) is 11.3 Å². The maximum absolute atomic E-state index is 12.9. The van der Waals surface area contributed by atoms with Crippen LogP contribution < -0.4 is 10.2 Å². The summed E-state index contributed by atoms with van der Waals surface area (Å²) in [7, 11) is 0. The van der Waals surface area contributed by atoms with Crippen molar-refractivity contribution >= 4 is 28.8 Å². The first-order valence-corrected chi connectivity index (χ1v) is 8.54. The molecule has 0 saturated heterocycles. The largest absolute Gasteiger partial charge is 0.339 e. The second-order valence-electron chi connectivity index (χ2n) is 5.92. The summed E-state index contributed by atoms with van der Waals surface area (Å²) < 4.78 is 0. The molecule has 0 fully saturated rings. The van der Waals surface area contributed by atoms with Crippen LogP contribution in [0.25, 0.3) is 0 Å². The monoisotopic (exact) mass is 329 g/mol. The molecule has 6 heteroatoms. The first kappa shape index (κ1) is 15.7. The quantitative estimate of drug-likeness (QED) is 0.937. The molecule has 1 atom stereocenters. The molecule has 0 saturated carbocycles. The van der Waals surface area contributed by atoms with E-state index >= 15 is 0 Å². The standard InChI is InChI=1S/C17H19N3O2S/c1-11(2)15(19-16(21)14-4-3-9-23-14)17(22)20-8-6-12-10-18-7-5-13(12)20/h3-5,7,9-11,15H,6,8H2,1-2H3,(H,19,21). The second-order valence-corrected chi connectivity index (χ2v) is 6.86. The SMILES string of the molecule is CC(C)C(NC(=O)c1cccs1)C(=O)N1CCc2cnccc21. The smallest absolute Gasteiger partial charge is 0.262 e. The molecule has 120 valence electrons. The van der Waals surface area contributed by atoms with Crippen molar-refractivity contribution in [3.63, 3.8) is 0 Å². The fourth-order valence-corrected chi connectivity index (χ4v) is 3.39. The lowest BCUT2D eigenvalue weighted by atomic mass is 10.0. The molecule has 0 aromatic carbocycles. The fourth-order valence-electron chi connectivity index (χ4n) is 2.76. The van der Waals surface area contributed by atoms with E-state index in [2.05, 4.69) is 10.3 Å². The van der Waals surface area contributed by atoms with E-state index in [1.165, 1.54) is 11.3 Å². The second kappa shape index (κ2) is 6.50. The highest BCUT2D eigenvalue weighted by atomic mass is 32.1. The molecule has 1 N–H and O–H groups in total. The number of hydrogen-bond acceptors (Lipinski definition) is 4. The van der Waals surface area contributed by atoms with Crippen LogP contribution >= 0.6 is 11.3 Å². The number of anilines is 1. The molecule has 3 rings (SSSR count). The van der Waals surface area contributed by atoms with Gasteiger partial charge in [0, 0.05) is 18.9 Å². The summed E-state index contributed by atoms with van der Waals surface area (Å²) >= 11 is 1.37. The molecule has 0 spiro atoms. The van der Waals surface area contributed by atoms with Gasteiger partial charge in [-0.2, -0.15) is 0 Å². The highest BCUT2D eigenvalue weighted by Gasteiger charge is 2.33. The summed E-state index contributed by atoms with van der Waals surface area (Å²) in [6.45, 7) is 4.53. The van der Waals surface area contributed by atoms with Crippen molar-refractivity contribution in [2.75, 3.05) is 11.4 Å². The third-order valence-corrected chi connectivity index (χ3v) is 4.87. The van der Waals surface area contributed by atoms with E-state index in [4.69, 9.17) is 0 Å². The van der Waals surface area contributed by atoms with Crippen molar-refractivity contribution in [2.45, 2.75) is 26.3 Å².